The van der Waals surface area contributed by atoms with Crippen molar-refractivity contribution in [3.05, 3.63) is 69.7 Å². The first-order valence-electron chi connectivity index (χ1n) is 9.49. The molecule has 31 heavy (non-hydrogen) atoms. The summed E-state index contributed by atoms with van der Waals surface area (Å²) < 4.78 is 11.6. The van der Waals surface area contributed by atoms with Crippen LogP contribution >= 0.6 is 11.6 Å². The molecule has 0 saturated heterocycles. The molecule has 4 aromatic rings. The van der Waals surface area contributed by atoms with Gasteiger partial charge in [0.1, 0.15) is 23.2 Å². The molecular formula is C22H19ClN4O4. The van der Waals surface area contributed by atoms with Crippen LogP contribution in [0.5, 0.6) is 5.75 Å². The van der Waals surface area contributed by atoms with Crippen molar-refractivity contribution in [2.24, 2.45) is 0 Å². The predicted molar refractivity (Wildman–Crippen MR) is 118 cm³/mol. The first-order valence-corrected chi connectivity index (χ1v) is 9.87. The zero-order chi connectivity index (χ0) is 22.1. The van der Waals surface area contributed by atoms with Gasteiger partial charge in [-0.15, -0.1) is 0 Å². The summed E-state index contributed by atoms with van der Waals surface area (Å²) >= 11 is 6.13. The van der Waals surface area contributed by atoms with Gasteiger partial charge in [0.25, 0.3) is 5.56 Å². The molecule has 8 nitrogen and oxygen atoms in total. The van der Waals surface area contributed by atoms with Gasteiger partial charge in [0, 0.05) is 5.56 Å². The Hall–Kier alpha value is -3.65. The predicted octanol–water partition coefficient (Wildman–Crippen LogP) is 4.22. The van der Waals surface area contributed by atoms with Crippen LogP contribution in [0.4, 0.5) is 5.69 Å². The molecule has 158 valence electrons. The van der Waals surface area contributed by atoms with E-state index in [1.54, 1.807) is 57.4 Å². The fourth-order valence-corrected chi connectivity index (χ4v) is 3.42. The highest BCUT2D eigenvalue weighted by Crippen LogP contribution is 2.29. The van der Waals surface area contributed by atoms with Gasteiger partial charge in [-0.25, -0.2) is 4.68 Å². The molecule has 4 rings (SSSR count). The summed E-state index contributed by atoms with van der Waals surface area (Å²) in [5.41, 5.74) is 1.24. The van der Waals surface area contributed by atoms with Crippen molar-refractivity contribution < 1.29 is 14.1 Å². The van der Waals surface area contributed by atoms with Crippen LogP contribution in [0.15, 0.2) is 57.8 Å². The zero-order valence-electron chi connectivity index (χ0n) is 17.0. The number of amides is 1. The standard InChI is InChI=1S/C22H19ClN4O4/c1-12(21(28)24-17-7-5-4-6-16(17)23)27-22(29)20-18(13(2)31-26-20)19(25-27)14-8-10-15(30-3)11-9-14/h4-12H,1-3H3,(H,24,28)/t12-/m0/s1. The lowest BCUT2D eigenvalue weighted by Crippen LogP contribution is -2.34. The normalized spacial score (nSPS) is 12.0. The second kappa shape index (κ2) is 8.23. The average Bonchev–Trinajstić information content (AvgIpc) is 3.17. The number of hydrogen-bond donors (Lipinski definition) is 1. The van der Waals surface area contributed by atoms with Crippen LogP contribution in [0.1, 0.15) is 18.7 Å². The van der Waals surface area contributed by atoms with Crippen LogP contribution in [0.25, 0.3) is 22.2 Å². The van der Waals surface area contributed by atoms with Crippen LogP contribution in [0.2, 0.25) is 5.02 Å². The summed E-state index contributed by atoms with van der Waals surface area (Å²) in [4.78, 5) is 25.9. The van der Waals surface area contributed by atoms with E-state index in [1.165, 1.54) is 0 Å². The Kier molecular flexibility index (Phi) is 5.48. The van der Waals surface area contributed by atoms with Crippen molar-refractivity contribution in [1.82, 2.24) is 14.9 Å². The minimum Gasteiger partial charge on any atom is -0.497 e. The summed E-state index contributed by atoms with van der Waals surface area (Å²) in [6, 6.07) is 13.1. The minimum atomic E-state index is -0.929. The molecule has 0 unspecified atom stereocenters. The van der Waals surface area contributed by atoms with Gasteiger partial charge >= 0.3 is 0 Å². The van der Waals surface area contributed by atoms with Crippen molar-refractivity contribution in [3.63, 3.8) is 0 Å². The number of methoxy groups -OCH3 is 1. The number of ether oxygens (including phenoxy) is 1. The van der Waals surface area contributed by atoms with E-state index in [-0.39, 0.29) is 5.52 Å². The third-order valence-electron chi connectivity index (χ3n) is 4.96. The molecular weight excluding hydrogens is 420 g/mol. The van der Waals surface area contributed by atoms with Crippen LogP contribution in [-0.4, -0.2) is 28.0 Å². The maximum Gasteiger partial charge on any atom is 0.297 e. The number of nitrogens with zero attached hydrogens (tertiary/aromatic N) is 3. The van der Waals surface area contributed by atoms with Crippen LogP contribution in [0.3, 0.4) is 0 Å². The molecule has 2 aromatic heterocycles. The number of hydrogen-bond acceptors (Lipinski definition) is 6. The fourth-order valence-electron chi connectivity index (χ4n) is 3.23. The third kappa shape index (κ3) is 3.77. The Bertz CT molecular complexity index is 1330. The molecule has 1 N–H and O–H groups in total. The van der Waals surface area contributed by atoms with E-state index < -0.39 is 17.5 Å². The zero-order valence-corrected chi connectivity index (χ0v) is 17.8. The number of benzene rings is 2. The highest BCUT2D eigenvalue weighted by molar-refractivity contribution is 6.33. The first-order chi connectivity index (χ1) is 14.9. The topological polar surface area (TPSA) is 99.2 Å². The average molecular weight is 439 g/mol. The lowest BCUT2D eigenvalue weighted by atomic mass is 10.1. The number of para-hydroxylation sites is 1. The minimum absolute atomic E-state index is 0.107. The molecule has 0 saturated carbocycles. The molecule has 1 amide bonds. The van der Waals surface area contributed by atoms with E-state index in [9.17, 15) is 9.59 Å². The number of carbonyl (C=O) groups excluding carboxylic acids is 1. The molecule has 0 bridgehead atoms. The molecule has 0 aliphatic carbocycles. The Morgan fingerprint density at radius 3 is 2.58 bits per heavy atom. The summed E-state index contributed by atoms with van der Waals surface area (Å²) in [6.45, 7) is 3.29. The SMILES string of the molecule is COc1ccc(-c2nn([C@@H](C)C(=O)Nc3ccccc3Cl)c(=O)c3noc(C)c23)cc1. The Morgan fingerprint density at radius 1 is 1.19 bits per heavy atom. The third-order valence-corrected chi connectivity index (χ3v) is 5.29. The Balaban J connectivity index is 1.80. The van der Waals surface area contributed by atoms with Crippen molar-refractivity contribution in [2.45, 2.75) is 19.9 Å². The van der Waals surface area contributed by atoms with Gasteiger partial charge in [0.2, 0.25) is 5.91 Å². The van der Waals surface area contributed by atoms with Gasteiger partial charge in [-0.05, 0) is 50.2 Å². The lowest BCUT2D eigenvalue weighted by Gasteiger charge is -2.16. The molecule has 9 heteroatoms. The number of halogens is 1. The van der Waals surface area contributed by atoms with Crippen molar-refractivity contribution in [2.75, 3.05) is 12.4 Å². The highest BCUT2D eigenvalue weighted by atomic mass is 35.5. The summed E-state index contributed by atoms with van der Waals surface area (Å²) in [7, 11) is 1.58. The second-order valence-electron chi connectivity index (χ2n) is 6.93. The van der Waals surface area contributed by atoms with E-state index in [4.69, 9.17) is 20.9 Å². The van der Waals surface area contributed by atoms with Crippen molar-refractivity contribution >= 4 is 34.1 Å². The van der Waals surface area contributed by atoms with Crippen LogP contribution < -0.4 is 15.6 Å². The number of carbonyl (C=O) groups is 1. The van der Waals surface area contributed by atoms with Gasteiger partial charge in [-0.3, -0.25) is 9.59 Å². The van der Waals surface area contributed by atoms with Gasteiger partial charge in [-0.2, -0.15) is 5.10 Å². The maximum atomic E-state index is 13.0. The number of aryl methyl sites for hydroxylation is 1. The molecule has 0 aliphatic heterocycles. The monoisotopic (exact) mass is 438 g/mol. The molecule has 0 radical (unpaired) electrons. The smallest absolute Gasteiger partial charge is 0.297 e. The molecule has 1 atom stereocenters. The molecule has 2 heterocycles. The summed E-state index contributed by atoms with van der Waals surface area (Å²) in [5, 5.41) is 12.1. The van der Waals surface area contributed by atoms with E-state index in [1.807, 2.05) is 12.1 Å². The molecule has 2 aromatic carbocycles. The molecule has 0 fully saturated rings. The lowest BCUT2D eigenvalue weighted by molar-refractivity contribution is -0.119. The van der Waals surface area contributed by atoms with Crippen LogP contribution in [0, 0.1) is 6.92 Å². The largest absolute Gasteiger partial charge is 0.497 e. The number of fused-ring (bicyclic) bond motifs is 1. The van der Waals surface area contributed by atoms with E-state index in [0.717, 1.165) is 10.2 Å². The van der Waals surface area contributed by atoms with Gasteiger partial charge in [0.15, 0.2) is 5.52 Å². The number of aromatic nitrogens is 3. The van der Waals surface area contributed by atoms with Crippen molar-refractivity contribution in [3.8, 4) is 17.0 Å². The molecule has 0 aliphatic rings. The fraction of sp³-hybridized carbons (Fsp3) is 0.182. The summed E-state index contributed by atoms with van der Waals surface area (Å²) in [5.74, 6) is 0.705. The Labute approximate surface area is 182 Å². The molecule has 0 spiro atoms. The first kappa shape index (κ1) is 20.6. The van der Waals surface area contributed by atoms with E-state index >= 15 is 0 Å². The quantitative estimate of drug-likeness (QED) is 0.500. The number of anilines is 1. The second-order valence-corrected chi connectivity index (χ2v) is 7.34. The highest BCUT2D eigenvalue weighted by Gasteiger charge is 2.24. The van der Waals surface area contributed by atoms with E-state index in [2.05, 4.69) is 15.6 Å². The van der Waals surface area contributed by atoms with Crippen molar-refractivity contribution in [1.29, 1.82) is 0 Å². The van der Waals surface area contributed by atoms with Gasteiger partial charge < -0.3 is 14.6 Å². The maximum absolute atomic E-state index is 13.0. The van der Waals surface area contributed by atoms with Crippen LogP contribution in [-0.2, 0) is 4.79 Å². The van der Waals surface area contributed by atoms with Gasteiger partial charge in [0.05, 0.1) is 23.2 Å². The Morgan fingerprint density at radius 2 is 1.90 bits per heavy atom. The van der Waals surface area contributed by atoms with E-state index in [0.29, 0.717) is 33.3 Å². The summed E-state index contributed by atoms with van der Waals surface area (Å²) in [6.07, 6.45) is 0. The number of rotatable bonds is 5. The number of nitrogens with one attached hydrogen (secondary N) is 1. The van der Waals surface area contributed by atoms with Gasteiger partial charge in [-0.1, -0.05) is 28.9 Å².